The molecule has 0 spiro atoms. The average molecular weight is 358 g/mol. The molecule has 0 aromatic heterocycles. The van der Waals surface area contributed by atoms with E-state index in [0.29, 0.717) is 4.31 Å². The monoisotopic (exact) mass is 357 g/mol. The lowest BCUT2D eigenvalue weighted by molar-refractivity contribution is 0.0696. The number of carboxylic acid groups (broad SMARTS) is 1. The third-order valence-corrected chi connectivity index (χ3v) is 5.06. The van der Waals surface area contributed by atoms with Crippen LogP contribution in [-0.2, 0) is 10.0 Å². The van der Waals surface area contributed by atoms with E-state index < -0.39 is 29.1 Å². The number of sulfonamides is 1. The Morgan fingerprint density at radius 3 is 2.25 bits per heavy atom. The molecule has 0 saturated heterocycles. The van der Waals surface area contributed by atoms with Gasteiger partial charge in [0, 0.05) is 4.47 Å². The fourth-order valence-electron chi connectivity index (χ4n) is 1.37. The molecule has 20 heavy (non-hydrogen) atoms. The Hall–Kier alpha value is -1.94. The van der Waals surface area contributed by atoms with Crippen LogP contribution in [0.3, 0.4) is 0 Å². The minimum absolute atomic E-state index is 0.0540. The first-order chi connectivity index (χ1) is 9.34. The maximum Gasteiger partial charge on any atom is 0.335 e. The van der Waals surface area contributed by atoms with Crippen LogP contribution in [0.5, 0.6) is 0 Å². The number of benzene rings is 1. The van der Waals surface area contributed by atoms with Crippen molar-refractivity contribution in [1.29, 1.82) is 10.5 Å². The third-order valence-electron chi connectivity index (χ3n) is 2.29. The van der Waals surface area contributed by atoms with Gasteiger partial charge in [0.2, 0.25) is 10.0 Å². The highest BCUT2D eigenvalue weighted by Gasteiger charge is 2.26. The molecule has 0 aliphatic rings. The van der Waals surface area contributed by atoms with Crippen LogP contribution >= 0.6 is 15.9 Å². The molecule has 0 unspecified atom stereocenters. The molecule has 0 atom stereocenters. The Balaban J connectivity index is 3.32. The quantitative estimate of drug-likeness (QED) is 0.789. The highest BCUT2D eigenvalue weighted by molar-refractivity contribution is 9.10. The van der Waals surface area contributed by atoms with Gasteiger partial charge in [0.15, 0.2) is 0 Å². The molecule has 1 aromatic carbocycles. The second-order valence-electron chi connectivity index (χ2n) is 3.54. The predicted molar refractivity (Wildman–Crippen MR) is 71.1 cm³/mol. The molecule has 0 radical (unpaired) electrons. The van der Waals surface area contributed by atoms with E-state index in [0.717, 1.165) is 18.2 Å². The summed E-state index contributed by atoms with van der Waals surface area (Å²) in [5, 5.41) is 26.0. The lowest BCUT2D eigenvalue weighted by atomic mass is 10.2. The first kappa shape index (κ1) is 16.1. The van der Waals surface area contributed by atoms with Crippen LogP contribution in [0.4, 0.5) is 0 Å². The van der Waals surface area contributed by atoms with Crippen molar-refractivity contribution in [3.63, 3.8) is 0 Å². The molecule has 9 heteroatoms. The molecule has 0 heterocycles. The number of hydrogen-bond acceptors (Lipinski definition) is 5. The van der Waals surface area contributed by atoms with Gasteiger partial charge in [0.05, 0.1) is 22.6 Å². The van der Waals surface area contributed by atoms with Gasteiger partial charge in [-0.15, -0.1) is 0 Å². The van der Waals surface area contributed by atoms with Gasteiger partial charge in [-0.2, -0.15) is 14.8 Å². The maximum atomic E-state index is 12.3. The number of halogens is 1. The van der Waals surface area contributed by atoms with Crippen LogP contribution in [0.25, 0.3) is 0 Å². The summed E-state index contributed by atoms with van der Waals surface area (Å²) >= 11 is 2.99. The second-order valence-corrected chi connectivity index (χ2v) is 6.30. The number of nitriles is 2. The Morgan fingerprint density at radius 1 is 1.30 bits per heavy atom. The summed E-state index contributed by atoms with van der Waals surface area (Å²) in [5.74, 6) is -1.19. The van der Waals surface area contributed by atoms with E-state index in [-0.39, 0.29) is 14.9 Å². The molecule has 1 N–H and O–H groups in total. The van der Waals surface area contributed by atoms with E-state index in [1.807, 2.05) is 0 Å². The molecule has 104 valence electrons. The highest BCUT2D eigenvalue weighted by Crippen LogP contribution is 2.26. The number of carboxylic acids is 1. The molecule has 0 fully saturated rings. The van der Waals surface area contributed by atoms with E-state index in [4.69, 9.17) is 15.6 Å². The SMILES string of the molecule is N#CCN(CC#N)S(=O)(=O)c1ccc(C(=O)O)cc1Br. The van der Waals surface area contributed by atoms with Gasteiger partial charge in [-0.05, 0) is 34.1 Å². The van der Waals surface area contributed by atoms with Gasteiger partial charge in [-0.1, -0.05) is 0 Å². The summed E-state index contributed by atoms with van der Waals surface area (Å²) in [6.45, 7) is -0.938. The van der Waals surface area contributed by atoms with E-state index >= 15 is 0 Å². The predicted octanol–water partition coefficient (Wildman–Crippen LogP) is 1.19. The van der Waals surface area contributed by atoms with Gasteiger partial charge in [-0.25, -0.2) is 13.2 Å². The van der Waals surface area contributed by atoms with Gasteiger partial charge >= 0.3 is 5.97 Å². The Kier molecular flexibility index (Phi) is 5.22. The van der Waals surface area contributed by atoms with Crippen molar-refractivity contribution < 1.29 is 18.3 Å². The van der Waals surface area contributed by atoms with Gasteiger partial charge < -0.3 is 5.11 Å². The van der Waals surface area contributed by atoms with E-state index in [1.54, 1.807) is 12.1 Å². The van der Waals surface area contributed by atoms with Crippen molar-refractivity contribution in [2.75, 3.05) is 13.1 Å². The minimum Gasteiger partial charge on any atom is -0.478 e. The molecule has 0 amide bonds. The van der Waals surface area contributed by atoms with Crippen molar-refractivity contribution in [2.24, 2.45) is 0 Å². The number of aromatic carboxylic acids is 1. The van der Waals surface area contributed by atoms with Crippen LogP contribution in [0.15, 0.2) is 27.6 Å². The largest absolute Gasteiger partial charge is 0.478 e. The molecule has 1 aromatic rings. The fraction of sp³-hybridized carbons (Fsp3) is 0.182. The number of rotatable bonds is 5. The molecule has 0 aliphatic carbocycles. The average Bonchev–Trinajstić information content (AvgIpc) is 2.37. The lowest BCUT2D eigenvalue weighted by Gasteiger charge is -2.17. The smallest absolute Gasteiger partial charge is 0.335 e. The summed E-state index contributed by atoms with van der Waals surface area (Å²) in [7, 11) is -4.05. The summed E-state index contributed by atoms with van der Waals surface area (Å²) < 4.78 is 25.3. The van der Waals surface area contributed by atoms with E-state index in [1.165, 1.54) is 0 Å². The van der Waals surface area contributed by atoms with Crippen LogP contribution in [0, 0.1) is 22.7 Å². The van der Waals surface area contributed by atoms with Crippen molar-refractivity contribution >= 4 is 31.9 Å². The number of nitrogens with zero attached hydrogens (tertiary/aromatic N) is 3. The standard InChI is InChI=1S/C11H8BrN3O4S/c12-9-7-8(11(16)17)1-2-10(9)20(18,19)15(5-3-13)6-4-14/h1-2,7H,5-6H2,(H,16,17). The number of carbonyl (C=O) groups is 1. The van der Waals surface area contributed by atoms with Gasteiger partial charge in [0.25, 0.3) is 0 Å². The van der Waals surface area contributed by atoms with Crippen molar-refractivity contribution in [3.8, 4) is 12.1 Å². The highest BCUT2D eigenvalue weighted by atomic mass is 79.9. The first-order valence-electron chi connectivity index (χ1n) is 5.11. The van der Waals surface area contributed by atoms with E-state index in [2.05, 4.69) is 15.9 Å². The second kappa shape index (κ2) is 6.48. The van der Waals surface area contributed by atoms with Crippen molar-refractivity contribution in [3.05, 3.63) is 28.2 Å². The fourth-order valence-corrected chi connectivity index (χ4v) is 3.64. The van der Waals surface area contributed by atoms with Crippen LogP contribution in [0.2, 0.25) is 0 Å². The molecular weight excluding hydrogens is 350 g/mol. The summed E-state index contributed by atoms with van der Waals surface area (Å²) in [5.41, 5.74) is -0.0806. The number of hydrogen-bond donors (Lipinski definition) is 1. The van der Waals surface area contributed by atoms with Gasteiger partial charge in [-0.3, -0.25) is 0 Å². The zero-order chi connectivity index (χ0) is 15.3. The molecular formula is C11H8BrN3O4S. The van der Waals surface area contributed by atoms with Gasteiger partial charge in [0.1, 0.15) is 13.1 Å². The zero-order valence-electron chi connectivity index (χ0n) is 9.95. The summed E-state index contributed by atoms with van der Waals surface area (Å²) in [6, 6.07) is 6.72. The van der Waals surface area contributed by atoms with E-state index in [9.17, 15) is 13.2 Å². The Morgan fingerprint density at radius 2 is 1.85 bits per heavy atom. The summed E-state index contributed by atoms with van der Waals surface area (Å²) in [6.07, 6.45) is 0. The summed E-state index contributed by atoms with van der Waals surface area (Å²) in [4.78, 5) is 10.6. The molecule has 0 saturated carbocycles. The Bertz CT molecular complexity index is 702. The van der Waals surface area contributed by atoms with Crippen molar-refractivity contribution in [2.45, 2.75) is 4.90 Å². The maximum absolute atomic E-state index is 12.3. The lowest BCUT2D eigenvalue weighted by Crippen LogP contribution is -2.32. The van der Waals surface area contributed by atoms with Crippen LogP contribution < -0.4 is 0 Å². The third kappa shape index (κ3) is 3.33. The molecule has 0 aliphatic heterocycles. The molecule has 0 bridgehead atoms. The first-order valence-corrected chi connectivity index (χ1v) is 7.34. The Labute approximate surface area is 123 Å². The topological polar surface area (TPSA) is 122 Å². The van der Waals surface area contributed by atoms with Crippen LogP contribution in [-0.4, -0.2) is 36.9 Å². The van der Waals surface area contributed by atoms with Crippen LogP contribution in [0.1, 0.15) is 10.4 Å². The molecule has 7 nitrogen and oxygen atoms in total. The van der Waals surface area contributed by atoms with Crippen molar-refractivity contribution in [1.82, 2.24) is 4.31 Å². The normalized spacial score (nSPS) is 10.8. The molecule has 1 rings (SSSR count). The minimum atomic E-state index is -4.05. The zero-order valence-corrected chi connectivity index (χ0v) is 12.3.